The first kappa shape index (κ1) is 49.7. The summed E-state index contributed by atoms with van der Waals surface area (Å²) < 4.78 is 2.69. The minimum absolute atomic E-state index is 0.0564. The molecule has 1 N–H and O–H groups in total. The highest BCUT2D eigenvalue weighted by Crippen LogP contribution is 2.48. The average Bonchev–Trinajstić information content (AvgIpc) is 3.64. The molecular formula is C59H80BN2S. The number of nitrogens with one attached hydrogen (secondary N) is 1. The van der Waals surface area contributed by atoms with Crippen LogP contribution in [0.15, 0.2) is 163 Å². The Kier molecular flexibility index (Phi) is 17.1. The second-order valence-corrected chi connectivity index (χ2v) is 22.1. The van der Waals surface area contributed by atoms with Crippen molar-refractivity contribution < 1.29 is 0 Å². The summed E-state index contributed by atoms with van der Waals surface area (Å²) in [6.07, 6.45) is 34.6. The Morgan fingerprint density at radius 2 is 1.65 bits per heavy atom. The summed E-state index contributed by atoms with van der Waals surface area (Å²) in [4.78, 5) is 2.51. The van der Waals surface area contributed by atoms with E-state index in [0.717, 1.165) is 37.0 Å². The Morgan fingerprint density at radius 3 is 2.25 bits per heavy atom. The number of benzene rings is 1. The summed E-state index contributed by atoms with van der Waals surface area (Å²) in [5.74, 6) is 3.38. The summed E-state index contributed by atoms with van der Waals surface area (Å²) >= 11 is 1.94. The topological polar surface area (TPSA) is 15.3 Å². The van der Waals surface area contributed by atoms with Gasteiger partial charge in [-0.1, -0.05) is 162 Å². The van der Waals surface area contributed by atoms with Gasteiger partial charge in [-0.2, -0.15) is 11.3 Å². The molecule has 5 unspecified atom stereocenters. The SMILES string of the molecule is C=C/C=C\C(=C)C1=C(N(/C=C/C(=C\C=C)N/C=C/CC(C=C)C(C)C)C2=C([B]c3cc4cc5c(cc4s3)C(C)CCC5C)C=C(C(C)(C)CC)C(C(C)C)C2)C=CC(C(C)(C)C)C1. The van der Waals surface area contributed by atoms with E-state index in [4.69, 9.17) is 6.58 Å². The standard InChI is InChI=1S/C59H80BN2S/c1-17-21-24-41(9)51-35-46(58(12,13)14)28-29-54(51)62(32-30-47(23-18-2)61-31-22-25-44(19-3)39(5)6)55-36-48(40(7)8)52(59(15,16)20-4)38-53(55)60-57-34-45-33-49-42(10)26-27-43(11)50(49)37-56(45)63-57/h17-19,21-24,28-34,37-40,42-44,46,48,61H,1-3,9,20,25-27,35-36H2,4-8,10-16H3/b24-21-,31-22+,32-30+,47-23+. The monoisotopic (exact) mass is 860 g/mol. The Labute approximate surface area is 389 Å². The van der Waals surface area contributed by atoms with Crippen LogP contribution in [-0.2, 0) is 0 Å². The lowest BCUT2D eigenvalue weighted by molar-refractivity contribution is 0.285. The molecule has 1 heterocycles. The molecular weight excluding hydrogens is 780 g/mol. The molecule has 0 fully saturated rings. The van der Waals surface area contributed by atoms with Crippen molar-refractivity contribution in [2.45, 2.75) is 133 Å². The fourth-order valence-electron chi connectivity index (χ4n) is 9.55. The first-order valence-corrected chi connectivity index (χ1v) is 24.8. The molecule has 1 radical (unpaired) electrons. The van der Waals surface area contributed by atoms with Crippen LogP contribution in [0, 0.1) is 40.4 Å². The molecule has 2 aromatic rings. The molecule has 0 bridgehead atoms. The van der Waals surface area contributed by atoms with Gasteiger partial charge in [0.05, 0.1) is 0 Å². The van der Waals surface area contributed by atoms with Crippen molar-refractivity contribution in [1.82, 2.24) is 10.2 Å². The molecule has 0 saturated heterocycles. The molecule has 1 aromatic heterocycles. The van der Waals surface area contributed by atoms with E-state index < -0.39 is 0 Å². The number of fused-ring (bicyclic) bond motifs is 2. The summed E-state index contributed by atoms with van der Waals surface area (Å²) in [5.41, 5.74) is 11.8. The van der Waals surface area contributed by atoms with E-state index in [9.17, 15) is 0 Å². The van der Waals surface area contributed by atoms with Gasteiger partial charge in [0.1, 0.15) is 0 Å². The Hall–Kier alpha value is -4.28. The lowest BCUT2D eigenvalue weighted by atomic mass is 9.59. The largest absolute Gasteiger partial charge is 0.362 e. The third-order valence-electron chi connectivity index (χ3n) is 14.4. The van der Waals surface area contributed by atoms with Gasteiger partial charge in [0.15, 0.2) is 0 Å². The van der Waals surface area contributed by atoms with Crippen LogP contribution in [0.2, 0.25) is 0 Å². The third kappa shape index (κ3) is 12.1. The van der Waals surface area contributed by atoms with Crippen LogP contribution in [0.25, 0.3) is 10.1 Å². The maximum Gasteiger partial charge on any atom is 0.207 e. The number of nitrogens with zero attached hydrogens (tertiary/aromatic N) is 1. The lowest BCUT2D eigenvalue weighted by Gasteiger charge is -2.42. The predicted octanol–water partition coefficient (Wildman–Crippen LogP) is 16.5. The van der Waals surface area contributed by atoms with Crippen LogP contribution < -0.4 is 10.1 Å². The Bertz CT molecular complexity index is 2200. The highest BCUT2D eigenvalue weighted by molar-refractivity contribution is 7.27. The summed E-state index contributed by atoms with van der Waals surface area (Å²) in [5, 5.41) is 4.96. The maximum absolute atomic E-state index is 4.71. The van der Waals surface area contributed by atoms with Gasteiger partial charge >= 0.3 is 0 Å². The average molecular weight is 860 g/mol. The van der Waals surface area contributed by atoms with Crippen molar-refractivity contribution in [2.75, 3.05) is 0 Å². The van der Waals surface area contributed by atoms with Gasteiger partial charge in [-0.3, -0.25) is 0 Å². The molecule has 335 valence electrons. The zero-order valence-corrected chi connectivity index (χ0v) is 42.1. The zero-order valence-electron chi connectivity index (χ0n) is 41.3. The van der Waals surface area contributed by atoms with E-state index in [0.29, 0.717) is 41.4 Å². The minimum Gasteiger partial charge on any atom is -0.362 e. The summed E-state index contributed by atoms with van der Waals surface area (Å²) in [6.45, 7) is 45.3. The molecule has 2 nitrogen and oxygen atoms in total. The third-order valence-corrected chi connectivity index (χ3v) is 15.4. The number of hydrogen-bond acceptors (Lipinski definition) is 3. The molecule has 3 aliphatic rings. The highest BCUT2D eigenvalue weighted by atomic mass is 32.1. The molecule has 0 aliphatic heterocycles. The first-order valence-electron chi connectivity index (χ1n) is 23.9. The van der Waals surface area contributed by atoms with Crippen LogP contribution >= 0.6 is 11.3 Å². The molecule has 5 rings (SSSR count). The van der Waals surface area contributed by atoms with Crippen molar-refractivity contribution in [1.29, 1.82) is 0 Å². The van der Waals surface area contributed by atoms with Gasteiger partial charge in [0.25, 0.3) is 0 Å². The van der Waals surface area contributed by atoms with Crippen LogP contribution in [0.4, 0.5) is 0 Å². The van der Waals surface area contributed by atoms with Crippen LogP contribution in [0.3, 0.4) is 0 Å². The maximum atomic E-state index is 4.71. The van der Waals surface area contributed by atoms with Crippen molar-refractivity contribution in [2.24, 2.45) is 40.4 Å². The van der Waals surface area contributed by atoms with Crippen molar-refractivity contribution in [3.05, 3.63) is 174 Å². The highest BCUT2D eigenvalue weighted by Gasteiger charge is 2.37. The van der Waals surface area contributed by atoms with E-state index in [1.807, 2.05) is 29.6 Å². The van der Waals surface area contributed by atoms with Gasteiger partial charge in [-0.25, -0.2) is 0 Å². The van der Waals surface area contributed by atoms with E-state index in [2.05, 4.69) is 200 Å². The summed E-state index contributed by atoms with van der Waals surface area (Å²) in [6, 6.07) is 7.47. The van der Waals surface area contributed by atoms with E-state index in [1.54, 1.807) is 16.7 Å². The van der Waals surface area contributed by atoms with Crippen LogP contribution in [-0.4, -0.2) is 12.2 Å². The van der Waals surface area contributed by atoms with Crippen molar-refractivity contribution >= 4 is 33.5 Å². The van der Waals surface area contributed by atoms with Gasteiger partial charge < -0.3 is 10.2 Å². The second-order valence-electron chi connectivity index (χ2n) is 21.0. The first-order chi connectivity index (χ1) is 29.8. The van der Waals surface area contributed by atoms with Gasteiger partial charge in [-0.15, -0.1) is 6.58 Å². The van der Waals surface area contributed by atoms with Crippen LogP contribution in [0.5, 0.6) is 0 Å². The number of rotatable bonds is 19. The molecule has 1 aromatic carbocycles. The molecule has 0 amide bonds. The van der Waals surface area contributed by atoms with Crippen molar-refractivity contribution in [3.8, 4) is 0 Å². The number of allylic oxidation sites excluding steroid dienone is 16. The fraction of sp³-hybridized carbons (Fsp3) is 0.458. The predicted molar refractivity (Wildman–Crippen MR) is 282 cm³/mol. The molecule has 5 atom stereocenters. The zero-order chi connectivity index (χ0) is 46.2. The van der Waals surface area contributed by atoms with Crippen LogP contribution in [0.1, 0.15) is 145 Å². The quantitative estimate of drug-likeness (QED) is 0.0860. The Morgan fingerprint density at radius 1 is 0.952 bits per heavy atom. The van der Waals surface area contributed by atoms with Gasteiger partial charge in [0.2, 0.25) is 7.28 Å². The van der Waals surface area contributed by atoms with Gasteiger partial charge in [-0.05, 0) is 166 Å². The second kappa shape index (κ2) is 21.6. The van der Waals surface area contributed by atoms with E-state index in [-0.39, 0.29) is 10.8 Å². The van der Waals surface area contributed by atoms with E-state index in [1.165, 1.54) is 50.1 Å². The molecule has 0 spiro atoms. The summed E-state index contributed by atoms with van der Waals surface area (Å²) in [7, 11) is 2.50. The smallest absolute Gasteiger partial charge is 0.207 e. The van der Waals surface area contributed by atoms with E-state index >= 15 is 0 Å². The number of hydrogen-bond donors (Lipinski definition) is 1. The minimum atomic E-state index is 0.0564. The molecule has 63 heavy (non-hydrogen) atoms. The molecule has 0 saturated carbocycles. The molecule has 4 heteroatoms. The lowest BCUT2D eigenvalue weighted by Crippen LogP contribution is -2.34. The Balaban J connectivity index is 1.76. The van der Waals surface area contributed by atoms with Gasteiger partial charge in [0, 0.05) is 28.0 Å². The normalized spacial score (nSPS) is 21.8. The fourth-order valence-corrected chi connectivity index (χ4v) is 10.6. The van der Waals surface area contributed by atoms with Crippen molar-refractivity contribution in [3.63, 3.8) is 0 Å². The molecule has 3 aliphatic carbocycles. The number of thiophene rings is 1.